The zero-order valence-electron chi connectivity index (χ0n) is 18.4. The fraction of sp³-hybridized carbons (Fsp3) is 0.682. The molecule has 164 valence electrons. The third-order valence-corrected chi connectivity index (χ3v) is 6.72. The summed E-state index contributed by atoms with van der Waals surface area (Å²) in [7, 11) is 1.88. The van der Waals surface area contributed by atoms with Gasteiger partial charge in [-0.3, -0.25) is 14.3 Å². The Morgan fingerprint density at radius 1 is 1.13 bits per heavy atom. The Hall–Kier alpha value is -2.35. The number of hydrogen-bond acceptors (Lipinski definition) is 5. The predicted molar refractivity (Wildman–Crippen MR) is 113 cm³/mol. The average molecular weight is 417 g/mol. The fourth-order valence-electron chi connectivity index (χ4n) is 4.73. The van der Waals surface area contributed by atoms with Crippen molar-refractivity contribution in [2.75, 3.05) is 11.9 Å². The molecule has 2 fully saturated rings. The lowest BCUT2D eigenvalue weighted by molar-refractivity contribution is -0.0266. The Morgan fingerprint density at radius 2 is 1.87 bits per heavy atom. The molecule has 2 aromatic heterocycles. The van der Waals surface area contributed by atoms with Crippen LogP contribution in [0.2, 0.25) is 0 Å². The number of nitrogens with one attached hydrogen (secondary N) is 1. The van der Waals surface area contributed by atoms with Crippen molar-refractivity contribution in [3.8, 4) is 0 Å². The van der Waals surface area contributed by atoms with Gasteiger partial charge in [-0.15, -0.1) is 0 Å². The molecule has 1 amide bonds. The molecule has 0 bridgehead atoms. The second-order valence-corrected chi connectivity index (χ2v) is 8.90. The van der Waals surface area contributed by atoms with Gasteiger partial charge in [-0.25, -0.2) is 4.68 Å². The van der Waals surface area contributed by atoms with Gasteiger partial charge in [0, 0.05) is 12.6 Å². The van der Waals surface area contributed by atoms with Crippen LogP contribution in [0.3, 0.4) is 0 Å². The molecule has 0 unspecified atom stereocenters. The van der Waals surface area contributed by atoms with Gasteiger partial charge in [0.15, 0.2) is 11.5 Å². The standard InChI is InChI=1S/C22H32N4O4/c1-13-10-11-17(29-12-13)20-14(2)18(24-30-20)21(27)23-19-15(3)25(4)26(22(19)28)16-8-6-5-7-9-16/h13,16-17H,5-12H2,1-4H3,(H,23,27)/t13-,17-/m1/s1. The number of ether oxygens (including phenoxy) is 1. The lowest BCUT2D eigenvalue weighted by atomic mass is 9.96. The molecule has 2 aromatic rings. The van der Waals surface area contributed by atoms with Crippen molar-refractivity contribution in [3.63, 3.8) is 0 Å². The van der Waals surface area contributed by atoms with Gasteiger partial charge in [0.25, 0.3) is 11.5 Å². The first-order valence-electron chi connectivity index (χ1n) is 11.1. The van der Waals surface area contributed by atoms with Crippen molar-refractivity contribution >= 4 is 11.6 Å². The van der Waals surface area contributed by atoms with Crippen molar-refractivity contribution in [1.82, 2.24) is 14.5 Å². The SMILES string of the molecule is Cc1c(C(=O)Nc2c(C)n(C)n(C3CCCCC3)c2=O)noc1[C@H]1CC[C@@H](C)CO1. The van der Waals surface area contributed by atoms with Crippen LogP contribution < -0.4 is 10.9 Å². The molecule has 2 atom stereocenters. The maximum absolute atomic E-state index is 13.1. The van der Waals surface area contributed by atoms with Crippen LogP contribution in [0.25, 0.3) is 0 Å². The topological polar surface area (TPSA) is 91.3 Å². The lowest BCUT2D eigenvalue weighted by Gasteiger charge is -2.25. The normalized spacial score (nSPS) is 22.9. The van der Waals surface area contributed by atoms with Gasteiger partial charge >= 0.3 is 0 Å². The van der Waals surface area contributed by atoms with Crippen molar-refractivity contribution < 1.29 is 14.1 Å². The summed E-state index contributed by atoms with van der Waals surface area (Å²) in [5, 5.41) is 6.80. The highest BCUT2D eigenvalue weighted by atomic mass is 16.5. The number of carbonyl (C=O) groups excluding carboxylic acids is 1. The summed E-state index contributed by atoms with van der Waals surface area (Å²) in [4.78, 5) is 26.1. The molecule has 8 nitrogen and oxygen atoms in total. The van der Waals surface area contributed by atoms with Gasteiger partial charge in [-0.05, 0) is 45.4 Å². The summed E-state index contributed by atoms with van der Waals surface area (Å²) < 4.78 is 15.0. The van der Waals surface area contributed by atoms with Crippen LogP contribution in [0.1, 0.15) is 91.5 Å². The Bertz CT molecular complexity index is 972. The van der Waals surface area contributed by atoms with E-state index in [0.29, 0.717) is 29.5 Å². The van der Waals surface area contributed by atoms with Crippen molar-refractivity contribution in [2.24, 2.45) is 13.0 Å². The van der Waals surface area contributed by atoms with Crippen molar-refractivity contribution in [2.45, 2.75) is 77.9 Å². The molecule has 0 spiro atoms. The average Bonchev–Trinajstić information content (AvgIpc) is 3.22. The van der Waals surface area contributed by atoms with Crippen LogP contribution in [0.5, 0.6) is 0 Å². The molecular formula is C22H32N4O4. The second-order valence-electron chi connectivity index (χ2n) is 8.90. The number of hydrogen-bond donors (Lipinski definition) is 1. The number of nitrogens with zero attached hydrogens (tertiary/aromatic N) is 3. The highest BCUT2D eigenvalue weighted by Gasteiger charge is 2.30. The van der Waals surface area contributed by atoms with E-state index in [1.807, 2.05) is 25.6 Å². The van der Waals surface area contributed by atoms with E-state index in [0.717, 1.165) is 44.2 Å². The zero-order chi connectivity index (χ0) is 21.4. The summed E-state index contributed by atoms with van der Waals surface area (Å²) in [6.45, 7) is 6.51. The van der Waals surface area contributed by atoms with Crippen LogP contribution in [-0.4, -0.2) is 27.0 Å². The van der Waals surface area contributed by atoms with Gasteiger partial charge in [-0.2, -0.15) is 0 Å². The first kappa shape index (κ1) is 20.9. The van der Waals surface area contributed by atoms with Crippen LogP contribution in [0.4, 0.5) is 5.69 Å². The van der Waals surface area contributed by atoms with E-state index < -0.39 is 5.91 Å². The summed E-state index contributed by atoms with van der Waals surface area (Å²) in [5.74, 6) is 0.712. The molecule has 4 rings (SSSR count). The van der Waals surface area contributed by atoms with E-state index in [2.05, 4.69) is 17.4 Å². The van der Waals surface area contributed by atoms with Gasteiger partial charge < -0.3 is 14.6 Å². The molecule has 1 saturated heterocycles. The number of anilines is 1. The van der Waals surface area contributed by atoms with Crippen LogP contribution in [0.15, 0.2) is 9.32 Å². The number of amides is 1. The minimum absolute atomic E-state index is 0.152. The first-order chi connectivity index (χ1) is 14.4. The third-order valence-electron chi connectivity index (χ3n) is 6.72. The van der Waals surface area contributed by atoms with Gasteiger partial charge in [0.2, 0.25) is 0 Å². The van der Waals surface area contributed by atoms with E-state index in [9.17, 15) is 9.59 Å². The number of rotatable bonds is 4. The van der Waals surface area contributed by atoms with Crippen LogP contribution in [0, 0.1) is 19.8 Å². The Morgan fingerprint density at radius 3 is 2.53 bits per heavy atom. The Kier molecular flexibility index (Phi) is 5.86. The summed E-state index contributed by atoms with van der Waals surface area (Å²) in [5.41, 5.74) is 1.79. The van der Waals surface area contributed by atoms with Crippen LogP contribution in [-0.2, 0) is 11.8 Å². The molecule has 3 heterocycles. The monoisotopic (exact) mass is 416 g/mol. The van der Waals surface area contributed by atoms with E-state index in [-0.39, 0.29) is 23.4 Å². The molecular weight excluding hydrogens is 384 g/mol. The fourth-order valence-corrected chi connectivity index (χ4v) is 4.73. The maximum Gasteiger partial charge on any atom is 0.291 e. The highest BCUT2D eigenvalue weighted by molar-refractivity contribution is 6.04. The molecule has 1 saturated carbocycles. The molecule has 1 N–H and O–H groups in total. The smallest absolute Gasteiger partial charge is 0.291 e. The largest absolute Gasteiger partial charge is 0.370 e. The Balaban J connectivity index is 1.55. The van der Waals surface area contributed by atoms with E-state index in [1.54, 1.807) is 4.68 Å². The van der Waals surface area contributed by atoms with Crippen molar-refractivity contribution in [3.05, 3.63) is 33.1 Å². The molecule has 30 heavy (non-hydrogen) atoms. The Labute approximate surface area is 176 Å². The van der Waals surface area contributed by atoms with E-state index in [1.165, 1.54) is 6.42 Å². The second kappa shape index (κ2) is 8.41. The number of carbonyl (C=O) groups is 1. The quantitative estimate of drug-likeness (QED) is 0.812. The van der Waals surface area contributed by atoms with E-state index in [4.69, 9.17) is 9.26 Å². The van der Waals surface area contributed by atoms with Crippen molar-refractivity contribution in [1.29, 1.82) is 0 Å². The number of aromatic nitrogens is 3. The van der Waals surface area contributed by atoms with Gasteiger partial charge in [-0.1, -0.05) is 31.3 Å². The lowest BCUT2D eigenvalue weighted by Crippen LogP contribution is -2.29. The molecule has 1 aliphatic heterocycles. The molecule has 2 aliphatic rings. The minimum atomic E-state index is -0.423. The summed E-state index contributed by atoms with van der Waals surface area (Å²) in [6, 6.07) is 0.187. The van der Waals surface area contributed by atoms with E-state index >= 15 is 0 Å². The molecule has 0 radical (unpaired) electrons. The minimum Gasteiger partial charge on any atom is -0.370 e. The third kappa shape index (κ3) is 3.73. The molecule has 8 heteroatoms. The zero-order valence-corrected chi connectivity index (χ0v) is 18.4. The summed E-state index contributed by atoms with van der Waals surface area (Å²) in [6.07, 6.45) is 7.20. The molecule has 1 aliphatic carbocycles. The maximum atomic E-state index is 13.1. The van der Waals surface area contributed by atoms with Gasteiger partial charge in [0.05, 0.1) is 18.3 Å². The first-order valence-corrected chi connectivity index (χ1v) is 11.1. The van der Waals surface area contributed by atoms with Gasteiger partial charge in [0.1, 0.15) is 11.8 Å². The van der Waals surface area contributed by atoms with Crippen LogP contribution >= 0.6 is 0 Å². The predicted octanol–water partition coefficient (Wildman–Crippen LogP) is 4.04. The summed E-state index contributed by atoms with van der Waals surface area (Å²) >= 11 is 0. The molecule has 0 aromatic carbocycles. The highest BCUT2D eigenvalue weighted by Crippen LogP contribution is 2.33.